The van der Waals surface area contributed by atoms with Crippen molar-refractivity contribution < 1.29 is 17.2 Å². The van der Waals surface area contributed by atoms with Crippen molar-refractivity contribution in [2.75, 3.05) is 17.0 Å². The van der Waals surface area contributed by atoms with Gasteiger partial charge in [-0.1, -0.05) is 0 Å². The molecule has 0 heterocycles. The molecule has 0 aliphatic carbocycles. The van der Waals surface area contributed by atoms with Gasteiger partial charge in [0.15, 0.2) is 0 Å². The maximum Gasteiger partial charge on any atom is 0.234 e. The third kappa shape index (κ3) is 3.39. The first-order valence-electron chi connectivity index (χ1n) is 4.21. The first-order chi connectivity index (χ1) is 7.35. The smallest absolute Gasteiger partial charge is 0.234 e. The van der Waals surface area contributed by atoms with E-state index in [2.05, 4.69) is 15.9 Å². The lowest BCUT2D eigenvalue weighted by Crippen LogP contribution is -2.23. The van der Waals surface area contributed by atoms with Crippen LogP contribution in [0.4, 0.5) is 14.5 Å². The second-order valence-corrected chi connectivity index (χ2v) is 5.65. The van der Waals surface area contributed by atoms with Crippen molar-refractivity contribution >= 4 is 31.6 Å². The molecular formula is C8H9BrF2N2O2S. The van der Waals surface area contributed by atoms with Crippen LogP contribution in [0.5, 0.6) is 0 Å². The summed E-state index contributed by atoms with van der Waals surface area (Å²) in [6.45, 7) is -0.101. The lowest BCUT2D eigenvalue weighted by atomic mass is 10.3. The van der Waals surface area contributed by atoms with Crippen molar-refractivity contribution in [3.05, 3.63) is 28.2 Å². The third-order valence-corrected chi connectivity index (χ3v) is 3.57. The van der Waals surface area contributed by atoms with Gasteiger partial charge in [-0.25, -0.2) is 17.2 Å². The summed E-state index contributed by atoms with van der Waals surface area (Å²) in [5.74, 6) is -1.98. The average molecular weight is 315 g/mol. The molecule has 1 aromatic rings. The molecule has 4 nitrogen and oxygen atoms in total. The molecule has 0 saturated heterocycles. The monoisotopic (exact) mass is 314 g/mol. The molecule has 0 fully saturated rings. The summed E-state index contributed by atoms with van der Waals surface area (Å²) >= 11 is 2.78. The second-order valence-electron chi connectivity index (χ2n) is 2.96. The molecule has 1 aromatic carbocycles. The molecule has 1 rings (SSSR count). The summed E-state index contributed by atoms with van der Waals surface area (Å²) in [6, 6.07) is 1.60. The summed E-state index contributed by atoms with van der Waals surface area (Å²) < 4.78 is 50.6. The van der Waals surface area contributed by atoms with E-state index in [1.165, 1.54) is 0 Å². The number of hydrogen-bond acceptors (Lipinski definition) is 3. The Morgan fingerprint density at radius 3 is 2.50 bits per heavy atom. The first-order valence-corrected chi connectivity index (χ1v) is 6.65. The van der Waals surface area contributed by atoms with Gasteiger partial charge in [0.25, 0.3) is 0 Å². The van der Waals surface area contributed by atoms with Crippen molar-refractivity contribution in [3.63, 3.8) is 0 Å². The maximum atomic E-state index is 13.2. The molecule has 3 N–H and O–H groups in total. The quantitative estimate of drug-likeness (QED) is 0.826. The van der Waals surface area contributed by atoms with Gasteiger partial charge in [-0.2, -0.15) is 0 Å². The molecule has 16 heavy (non-hydrogen) atoms. The lowest BCUT2D eigenvalue weighted by molar-refractivity contribution is 0.591. The average Bonchev–Trinajstić information content (AvgIpc) is 2.13. The van der Waals surface area contributed by atoms with Crippen molar-refractivity contribution in [2.24, 2.45) is 5.73 Å². The highest BCUT2D eigenvalue weighted by Gasteiger charge is 2.14. The Bertz CT molecular complexity index is 493. The summed E-state index contributed by atoms with van der Waals surface area (Å²) in [6.07, 6.45) is 0. The number of anilines is 1. The van der Waals surface area contributed by atoms with Crippen LogP contribution in [-0.4, -0.2) is 20.7 Å². The van der Waals surface area contributed by atoms with Crippen LogP contribution in [0.25, 0.3) is 0 Å². The van der Waals surface area contributed by atoms with Gasteiger partial charge in [-0.15, -0.1) is 0 Å². The number of nitrogens with one attached hydrogen (secondary N) is 1. The molecule has 0 aromatic heterocycles. The van der Waals surface area contributed by atoms with E-state index in [-0.39, 0.29) is 16.8 Å². The SMILES string of the molecule is NCCS(=O)(=O)Nc1cc(F)c(Br)cc1F. The van der Waals surface area contributed by atoms with Crippen molar-refractivity contribution in [2.45, 2.75) is 0 Å². The van der Waals surface area contributed by atoms with Gasteiger partial charge in [0.1, 0.15) is 11.6 Å². The number of nitrogens with two attached hydrogens (primary N) is 1. The minimum Gasteiger partial charge on any atom is -0.329 e. The van der Waals surface area contributed by atoms with Crippen LogP contribution in [0.1, 0.15) is 0 Å². The predicted molar refractivity (Wildman–Crippen MR) is 60.5 cm³/mol. The molecule has 0 aliphatic rings. The summed E-state index contributed by atoms with van der Waals surface area (Å²) in [5, 5.41) is 0. The molecule has 0 aliphatic heterocycles. The largest absolute Gasteiger partial charge is 0.329 e. The van der Waals surface area contributed by atoms with Crippen molar-refractivity contribution in [1.82, 2.24) is 0 Å². The highest BCUT2D eigenvalue weighted by molar-refractivity contribution is 9.10. The topological polar surface area (TPSA) is 72.2 Å². The van der Waals surface area contributed by atoms with E-state index in [0.29, 0.717) is 0 Å². The van der Waals surface area contributed by atoms with Crippen LogP contribution in [0.15, 0.2) is 16.6 Å². The van der Waals surface area contributed by atoms with Crippen LogP contribution in [0, 0.1) is 11.6 Å². The Hall–Kier alpha value is -0.730. The molecule has 0 unspecified atom stereocenters. The van der Waals surface area contributed by atoms with E-state index >= 15 is 0 Å². The molecule has 0 saturated carbocycles. The number of halogens is 3. The molecule has 0 bridgehead atoms. The summed E-state index contributed by atoms with van der Waals surface area (Å²) in [4.78, 5) is 0. The van der Waals surface area contributed by atoms with E-state index in [1.54, 1.807) is 0 Å². The second kappa shape index (κ2) is 5.07. The summed E-state index contributed by atoms with van der Waals surface area (Å²) in [7, 11) is -3.73. The minimum atomic E-state index is -3.73. The zero-order valence-corrected chi connectivity index (χ0v) is 10.4. The van der Waals surface area contributed by atoms with Crippen LogP contribution < -0.4 is 10.5 Å². The van der Waals surface area contributed by atoms with Crippen LogP contribution in [-0.2, 0) is 10.0 Å². The Balaban J connectivity index is 3.03. The van der Waals surface area contributed by atoms with Crippen LogP contribution >= 0.6 is 15.9 Å². The van der Waals surface area contributed by atoms with Gasteiger partial charge in [-0.3, -0.25) is 4.72 Å². The van der Waals surface area contributed by atoms with Gasteiger partial charge < -0.3 is 5.73 Å². The highest BCUT2D eigenvalue weighted by Crippen LogP contribution is 2.23. The van der Waals surface area contributed by atoms with Gasteiger partial charge in [-0.05, 0) is 22.0 Å². The fraction of sp³-hybridized carbons (Fsp3) is 0.250. The van der Waals surface area contributed by atoms with Gasteiger partial charge in [0.05, 0.1) is 15.9 Å². The van der Waals surface area contributed by atoms with Crippen LogP contribution in [0.2, 0.25) is 0 Å². The number of sulfonamides is 1. The van der Waals surface area contributed by atoms with Crippen molar-refractivity contribution in [3.8, 4) is 0 Å². The zero-order valence-electron chi connectivity index (χ0n) is 8.00. The minimum absolute atomic E-state index is 0.0771. The van der Waals surface area contributed by atoms with Crippen LogP contribution in [0.3, 0.4) is 0 Å². The highest BCUT2D eigenvalue weighted by atomic mass is 79.9. The lowest BCUT2D eigenvalue weighted by Gasteiger charge is -2.08. The predicted octanol–water partition coefficient (Wildman–Crippen LogP) is 1.43. The molecule has 0 spiro atoms. The fourth-order valence-electron chi connectivity index (χ4n) is 0.974. The van der Waals surface area contributed by atoms with E-state index in [9.17, 15) is 17.2 Å². The summed E-state index contributed by atoms with van der Waals surface area (Å²) in [5.41, 5.74) is 4.63. The van der Waals surface area contributed by atoms with E-state index < -0.39 is 27.3 Å². The molecule has 0 atom stereocenters. The van der Waals surface area contributed by atoms with E-state index in [1.807, 2.05) is 4.72 Å². The van der Waals surface area contributed by atoms with Crippen molar-refractivity contribution in [1.29, 1.82) is 0 Å². The Kier molecular flexibility index (Phi) is 4.22. The standard InChI is InChI=1S/C8H9BrF2N2O2S/c9-5-3-7(11)8(4-6(5)10)13-16(14,15)2-1-12/h3-4,13H,1-2,12H2. The molecule has 8 heteroatoms. The Morgan fingerprint density at radius 2 is 1.94 bits per heavy atom. The molecule has 0 amide bonds. The molecule has 0 radical (unpaired) electrons. The number of hydrogen-bond donors (Lipinski definition) is 2. The van der Waals surface area contributed by atoms with E-state index in [4.69, 9.17) is 5.73 Å². The third-order valence-electron chi connectivity index (χ3n) is 1.66. The Labute approximate surface area is 100 Å². The normalized spacial score (nSPS) is 11.5. The number of benzene rings is 1. The molecule has 90 valence electrons. The van der Waals surface area contributed by atoms with Gasteiger partial charge >= 0.3 is 0 Å². The first kappa shape index (κ1) is 13.3. The maximum absolute atomic E-state index is 13.2. The zero-order chi connectivity index (χ0) is 12.3. The molecular weight excluding hydrogens is 306 g/mol. The van der Waals surface area contributed by atoms with Gasteiger partial charge in [0.2, 0.25) is 10.0 Å². The van der Waals surface area contributed by atoms with E-state index in [0.717, 1.165) is 12.1 Å². The van der Waals surface area contributed by atoms with Gasteiger partial charge in [0, 0.05) is 12.6 Å². The fourth-order valence-corrected chi connectivity index (χ4v) is 2.19. The number of rotatable bonds is 4. The Morgan fingerprint density at radius 1 is 1.31 bits per heavy atom.